The number of hydrazone groups is 1. The van der Waals surface area contributed by atoms with Crippen molar-refractivity contribution in [1.82, 2.24) is 5.43 Å². The predicted octanol–water partition coefficient (Wildman–Crippen LogP) is 4.42. The van der Waals surface area contributed by atoms with Crippen LogP contribution in [0.15, 0.2) is 90.0 Å². The maximum absolute atomic E-state index is 11.8. The minimum atomic E-state index is -0.398. The van der Waals surface area contributed by atoms with E-state index >= 15 is 0 Å². The molecule has 0 aliphatic rings. The summed E-state index contributed by atoms with van der Waals surface area (Å²) in [7, 11) is 0. The predicted molar refractivity (Wildman–Crippen MR) is 103 cm³/mol. The van der Waals surface area contributed by atoms with E-state index < -0.39 is 6.03 Å². The lowest BCUT2D eigenvalue weighted by Crippen LogP contribution is -2.24. The van der Waals surface area contributed by atoms with Crippen LogP contribution in [0.25, 0.3) is 0 Å². The molecule has 5 heteroatoms. The molecule has 0 fully saturated rings. The summed E-state index contributed by atoms with van der Waals surface area (Å²) in [6, 6.07) is 26.2. The normalized spacial score (nSPS) is 10.5. The number of anilines is 1. The van der Waals surface area contributed by atoms with Crippen molar-refractivity contribution in [2.75, 3.05) is 5.32 Å². The van der Waals surface area contributed by atoms with Crippen LogP contribution in [-0.2, 0) is 6.61 Å². The fourth-order valence-corrected chi connectivity index (χ4v) is 2.31. The third-order valence-corrected chi connectivity index (χ3v) is 3.59. The first-order chi connectivity index (χ1) is 12.8. The van der Waals surface area contributed by atoms with Crippen molar-refractivity contribution in [3.8, 4) is 5.75 Å². The molecule has 3 aromatic rings. The molecular formula is C21H19N3O2. The van der Waals surface area contributed by atoms with Crippen molar-refractivity contribution >= 4 is 17.9 Å². The summed E-state index contributed by atoms with van der Waals surface area (Å²) in [6.45, 7) is 0.419. The van der Waals surface area contributed by atoms with Gasteiger partial charge in [-0.3, -0.25) is 0 Å². The fourth-order valence-electron chi connectivity index (χ4n) is 2.31. The van der Waals surface area contributed by atoms with Crippen molar-refractivity contribution < 1.29 is 9.53 Å². The quantitative estimate of drug-likeness (QED) is 0.513. The topological polar surface area (TPSA) is 62.7 Å². The first-order valence-electron chi connectivity index (χ1n) is 8.22. The molecule has 0 aromatic heterocycles. The average Bonchev–Trinajstić information content (AvgIpc) is 2.69. The molecule has 0 unspecified atom stereocenters. The van der Waals surface area contributed by atoms with Gasteiger partial charge >= 0.3 is 6.03 Å². The lowest BCUT2D eigenvalue weighted by molar-refractivity contribution is 0.252. The number of amides is 2. The minimum absolute atomic E-state index is 0.398. The Morgan fingerprint density at radius 2 is 1.54 bits per heavy atom. The number of benzene rings is 3. The Labute approximate surface area is 152 Å². The molecule has 0 spiro atoms. The molecule has 0 heterocycles. The molecule has 0 aliphatic heterocycles. The van der Waals surface area contributed by atoms with Gasteiger partial charge in [0.05, 0.1) is 6.21 Å². The van der Waals surface area contributed by atoms with Gasteiger partial charge in [0.1, 0.15) is 12.4 Å². The van der Waals surface area contributed by atoms with Crippen LogP contribution in [0.4, 0.5) is 10.5 Å². The summed E-state index contributed by atoms with van der Waals surface area (Å²) in [4.78, 5) is 11.8. The SMILES string of the molecule is O=C(N/N=C/c1ccccc1COc1ccccc1)Nc1ccccc1. The molecule has 0 atom stereocenters. The Kier molecular flexibility index (Phi) is 5.99. The van der Waals surface area contributed by atoms with Crippen LogP contribution in [0, 0.1) is 0 Å². The maximum atomic E-state index is 11.8. The zero-order valence-electron chi connectivity index (χ0n) is 14.1. The lowest BCUT2D eigenvalue weighted by Gasteiger charge is -2.08. The van der Waals surface area contributed by atoms with E-state index in [2.05, 4.69) is 15.8 Å². The summed E-state index contributed by atoms with van der Waals surface area (Å²) < 4.78 is 5.78. The zero-order chi connectivity index (χ0) is 18.0. The van der Waals surface area contributed by atoms with Gasteiger partial charge in [0.15, 0.2) is 0 Å². The Morgan fingerprint density at radius 1 is 0.885 bits per heavy atom. The molecule has 26 heavy (non-hydrogen) atoms. The highest BCUT2D eigenvalue weighted by atomic mass is 16.5. The van der Waals surface area contributed by atoms with Gasteiger partial charge in [-0.15, -0.1) is 0 Å². The fraction of sp³-hybridized carbons (Fsp3) is 0.0476. The molecule has 0 bridgehead atoms. The van der Waals surface area contributed by atoms with Crippen molar-refractivity contribution in [3.05, 3.63) is 96.1 Å². The minimum Gasteiger partial charge on any atom is -0.489 e. The van der Waals surface area contributed by atoms with E-state index in [0.29, 0.717) is 12.3 Å². The van der Waals surface area contributed by atoms with Crippen LogP contribution in [-0.4, -0.2) is 12.2 Å². The average molecular weight is 345 g/mol. The third kappa shape index (κ3) is 5.21. The monoisotopic (exact) mass is 345 g/mol. The van der Waals surface area contributed by atoms with Crippen LogP contribution in [0.5, 0.6) is 5.75 Å². The number of rotatable bonds is 6. The van der Waals surface area contributed by atoms with E-state index in [0.717, 1.165) is 16.9 Å². The van der Waals surface area contributed by atoms with Gasteiger partial charge in [-0.1, -0.05) is 60.7 Å². The highest BCUT2D eigenvalue weighted by Gasteiger charge is 2.02. The van der Waals surface area contributed by atoms with Gasteiger partial charge in [0.2, 0.25) is 0 Å². The first-order valence-corrected chi connectivity index (χ1v) is 8.22. The standard InChI is InChI=1S/C21H19N3O2/c25-21(23-19-11-3-1-4-12-19)24-22-15-17-9-7-8-10-18(17)16-26-20-13-5-2-6-14-20/h1-15H,16H2,(H2,23,24,25)/b22-15+. The molecule has 0 saturated heterocycles. The molecule has 0 radical (unpaired) electrons. The smallest absolute Gasteiger partial charge is 0.339 e. The van der Waals surface area contributed by atoms with Crippen LogP contribution < -0.4 is 15.5 Å². The van der Waals surface area contributed by atoms with Gasteiger partial charge in [0, 0.05) is 11.3 Å². The molecule has 2 amide bonds. The summed E-state index contributed by atoms with van der Waals surface area (Å²) in [5.41, 5.74) is 5.02. The second-order valence-electron chi connectivity index (χ2n) is 5.49. The molecular weight excluding hydrogens is 326 g/mol. The largest absolute Gasteiger partial charge is 0.489 e. The van der Waals surface area contributed by atoms with E-state index in [-0.39, 0.29) is 0 Å². The Balaban J connectivity index is 1.57. The number of carbonyl (C=O) groups excluding carboxylic acids is 1. The molecule has 0 aliphatic carbocycles. The summed E-state index contributed by atoms with van der Waals surface area (Å²) in [5, 5.41) is 6.71. The maximum Gasteiger partial charge on any atom is 0.339 e. The summed E-state index contributed by atoms with van der Waals surface area (Å²) in [6.07, 6.45) is 1.61. The van der Waals surface area contributed by atoms with E-state index in [1.54, 1.807) is 18.3 Å². The van der Waals surface area contributed by atoms with Gasteiger partial charge < -0.3 is 10.1 Å². The number of carbonyl (C=O) groups is 1. The van der Waals surface area contributed by atoms with Gasteiger partial charge in [-0.2, -0.15) is 5.10 Å². The lowest BCUT2D eigenvalue weighted by atomic mass is 10.1. The number of hydrogen-bond donors (Lipinski definition) is 2. The zero-order valence-corrected chi connectivity index (χ0v) is 14.1. The Bertz CT molecular complexity index is 865. The number of nitrogens with one attached hydrogen (secondary N) is 2. The molecule has 130 valence electrons. The number of urea groups is 1. The van der Waals surface area contributed by atoms with Gasteiger partial charge in [0.25, 0.3) is 0 Å². The van der Waals surface area contributed by atoms with E-state index in [9.17, 15) is 4.79 Å². The second kappa shape index (κ2) is 9.03. The first kappa shape index (κ1) is 17.2. The Hall–Kier alpha value is -3.60. The van der Waals surface area contributed by atoms with E-state index in [1.165, 1.54) is 0 Å². The molecule has 3 rings (SSSR count). The second-order valence-corrected chi connectivity index (χ2v) is 5.49. The highest BCUT2D eigenvalue weighted by Crippen LogP contribution is 2.13. The van der Waals surface area contributed by atoms with E-state index in [4.69, 9.17) is 4.74 Å². The summed E-state index contributed by atoms with van der Waals surface area (Å²) >= 11 is 0. The molecule has 5 nitrogen and oxygen atoms in total. The highest BCUT2D eigenvalue weighted by molar-refractivity contribution is 5.90. The van der Waals surface area contributed by atoms with Crippen molar-refractivity contribution in [1.29, 1.82) is 0 Å². The molecule has 3 aromatic carbocycles. The van der Waals surface area contributed by atoms with Crippen molar-refractivity contribution in [3.63, 3.8) is 0 Å². The number of para-hydroxylation sites is 2. The molecule has 2 N–H and O–H groups in total. The third-order valence-electron chi connectivity index (χ3n) is 3.59. The van der Waals surface area contributed by atoms with Gasteiger partial charge in [-0.05, 0) is 29.8 Å². The number of hydrogen-bond acceptors (Lipinski definition) is 3. The number of nitrogens with zero attached hydrogens (tertiary/aromatic N) is 1. The summed E-state index contributed by atoms with van der Waals surface area (Å²) in [5.74, 6) is 0.805. The van der Waals surface area contributed by atoms with Crippen LogP contribution in [0.2, 0.25) is 0 Å². The number of ether oxygens (including phenoxy) is 1. The van der Waals surface area contributed by atoms with E-state index in [1.807, 2.05) is 72.8 Å². The van der Waals surface area contributed by atoms with Crippen LogP contribution in [0.3, 0.4) is 0 Å². The van der Waals surface area contributed by atoms with Crippen LogP contribution >= 0.6 is 0 Å². The van der Waals surface area contributed by atoms with Crippen LogP contribution in [0.1, 0.15) is 11.1 Å². The van der Waals surface area contributed by atoms with Crippen molar-refractivity contribution in [2.45, 2.75) is 6.61 Å². The molecule has 0 saturated carbocycles. The van der Waals surface area contributed by atoms with Crippen molar-refractivity contribution in [2.24, 2.45) is 5.10 Å². The Morgan fingerprint density at radius 3 is 2.31 bits per heavy atom. The van der Waals surface area contributed by atoms with Gasteiger partial charge in [-0.25, -0.2) is 10.2 Å².